The molecule has 0 radical (unpaired) electrons. The van der Waals surface area contributed by atoms with Crippen molar-refractivity contribution in [3.63, 3.8) is 0 Å². The van der Waals surface area contributed by atoms with E-state index in [1.54, 1.807) is 17.6 Å². The lowest BCUT2D eigenvalue weighted by Gasteiger charge is -2.28. The molecule has 0 fully saturated rings. The molecule has 0 bridgehead atoms. The summed E-state index contributed by atoms with van der Waals surface area (Å²) in [6, 6.07) is 5.29. The number of carbonyl (C=O) groups excluding carboxylic acids is 1. The maximum atomic E-state index is 11.8. The number of aromatic nitrogens is 1. The average Bonchev–Trinajstić information content (AvgIpc) is 2.95. The van der Waals surface area contributed by atoms with Crippen LogP contribution < -0.4 is 9.64 Å². The number of carboxylic acids is 1. The van der Waals surface area contributed by atoms with Crippen LogP contribution in [0.15, 0.2) is 29.1 Å². The zero-order chi connectivity index (χ0) is 14.1. The summed E-state index contributed by atoms with van der Waals surface area (Å²) >= 11 is 1.47. The van der Waals surface area contributed by atoms with E-state index in [9.17, 15) is 9.59 Å². The molecule has 1 N–H and O–H groups in total. The Balaban J connectivity index is 2.05. The topological polar surface area (TPSA) is 79.7 Å². The van der Waals surface area contributed by atoms with Crippen molar-refractivity contribution in [1.82, 2.24) is 4.98 Å². The summed E-state index contributed by atoms with van der Waals surface area (Å²) in [6.07, 6.45) is 0. The van der Waals surface area contributed by atoms with Crippen LogP contribution in [0, 0.1) is 0 Å². The van der Waals surface area contributed by atoms with Crippen molar-refractivity contribution in [3.05, 3.63) is 29.1 Å². The molecule has 20 heavy (non-hydrogen) atoms. The highest BCUT2D eigenvalue weighted by Gasteiger charge is 2.27. The largest absolute Gasteiger partial charge is 0.482 e. The SMILES string of the molecule is O=C(O)CN1C(=O)COc2ccc(-c3cscn3)cc21. The van der Waals surface area contributed by atoms with Crippen LogP contribution in [0.3, 0.4) is 0 Å². The van der Waals surface area contributed by atoms with E-state index in [4.69, 9.17) is 9.84 Å². The minimum atomic E-state index is -1.06. The number of carbonyl (C=O) groups is 2. The van der Waals surface area contributed by atoms with Gasteiger partial charge in [-0.15, -0.1) is 11.3 Å². The smallest absolute Gasteiger partial charge is 0.323 e. The number of benzene rings is 1. The number of fused-ring (bicyclic) bond motifs is 1. The van der Waals surface area contributed by atoms with Gasteiger partial charge in [-0.05, 0) is 18.2 Å². The Kier molecular flexibility index (Phi) is 3.11. The molecule has 2 heterocycles. The third-order valence-electron chi connectivity index (χ3n) is 2.92. The summed E-state index contributed by atoms with van der Waals surface area (Å²) in [7, 11) is 0. The molecule has 0 saturated heterocycles. The quantitative estimate of drug-likeness (QED) is 0.929. The fraction of sp³-hybridized carbons (Fsp3) is 0.154. The van der Waals surface area contributed by atoms with Gasteiger partial charge in [0.05, 0.1) is 16.9 Å². The summed E-state index contributed by atoms with van der Waals surface area (Å²) < 4.78 is 5.32. The number of carboxylic acid groups (broad SMARTS) is 1. The number of amides is 1. The van der Waals surface area contributed by atoms with Crippen molar-refractivity contribution in [3.8, 4) is 17.0 Å². The summed E-state index contributed by atoms with van der Waals surface area (Å²) in [5.41, 5.74) is 3.78. The highest BCUT2D eigenvalue weighted by molar-refractivity contribution is 7.07. The van der Waals surface area contributed by atoms with Crippen molar-refractivity contribution in [2.24, 2.45) is 0 Å². The number of hydrogen-bond acceptors (Lipinski definition) is 5. The summed E-state index contributed by atoms with van der Waals surface area (Å²) in [5.74, 6) is -0.926. The van der Waals surface area contributed by atoms with E-state index >= 15 is 0 Å². The second-order valence-electron chi connectivity index (χ2n) is 4.22. The molecule has 0 aliphatic carbocycles. The third kappa shape index (κ3) is 2.23. The maximum Gasteiger partial charge on any atom is 0.323 e. The molecule has 0 spiro atoms. The third-order valence-corrected chi connectivity index (χ3v) is 3.51. The second-order valence-corrected chi connectivity index (χ2v) is 4.94. The molecule has 7 heteroatoms. The molecular formula is C13H10N2O4S. The molecule has 6 nitrogen and oxygen atoms in total. The van der Waals surface area contributed by atoms with E-state index < -0.39 is 5.97 Å². The van der Waals surface area contributed by atoms with Crippen LogP contribution in [0.5, 0.6) is 5.75 Å². The van der Waals surface area contributed by atoms with Crippen molar-refractivity contribution >= 4 is 28.9 Å². The van der Waals surface area contributed by atoms with Crippen LogP contribution in [-0.4, -0.2) is 35.1 Å². The van der Waals surface area contributed by atoms with E-state index in [1.165, 1.54) is 16.2 Å². The Morgan fingerprint density at radius 1 is 1.50 bits per heavy atom. The van der Waals surface area contributed by atoms with Crippen LogP contribution >= 0.6 is 11.3 Å². The van der Waals surface area contributed by atoms with Crippen molar-refractivity contribution in [1.29, 1.82) is 0 Å². The monoisotopic (exact) mass is 290 g/mol. The molecule has 3 rings (SSSR count). The number of nitrogens with zero attached hydrogens (tertiary/aromatic N) is 2. The normalized spacial score (nSPS) is 13.8. The van der Waals surface area contributed by atoms with E-state index in [0.717, 1.165) is 11.3 Å². The van der Waals surface area contributed by atoms with Crippen molar-refractivity contribution in [2.75, 3.05) is 18.1 Å². The first-order valence-electron chi connectivity index (χ1n) is 5.83. The molecule has 0 atom stereocenters. The van der Waals surface area contributed by atoms with Gasteiger partial charge < -0.3 is 9.84 Å². The highest BCUT2D eigenvalue weighted by atomic mass is 32.1. The van der Waals surface area contributed by atoms with Gasteiger partial charge in [0.2, 0.25) is 0 Å². The predicted octanol–water partition coefficient (Wildman–Crippen LogP) is 1.62. The first kappa shape index (κ1) is 12.6. The average molecular weight is 290 g/mol. The highest BCUT2D eigenvalue weighted by Crippen LogP contribution is 2.35. The summed E-state index contributed by atoms with van der Waals surface area (Å²) in [6.45, 7) is -0.522. The molecule has 1 aliphatic heterocycles. The molecule has 1 aromatic carbocycles. The molecule has 102 valence electrons. The number of rotatable bonds is 3. The fourth-order valence-corrected chi connectivity index (χ4v) is 2.59. The zero-order valence-corrected chi connectivity index (χ0v) is 11.1. The molecule has 1 aromatic heterocycles. The number of ether oxygens (including phenoxy) is 1. The molecular weight excluding hydrogens is 280 g/mol. The molecule has 1 aliphatic rings. The molecule has 0 unspecified atom stereocenters. The van der Waals surface area contributed by atoms with Crippen molar-refractivity contribution in [2.45, 2.75) is 0 Å². The minimum Gasteiger partial charge on any atom is -0.482 e. The fourth-order valence-electron chi connectivity index (χ4n) is 2.03. The Hall–Kier alpha value is -2.41. The Morgan fingerprint density at radius 3 is 3.05 bits per heavy atom. The second kappa shape index (κ2) is 4.93. The number of anilines is 1. The van der Waals surface area contributed by atoms with E-state index in [1.807, 2.05) is 11.4 Å². The first-order chi connectivity index (χ1) is 9.65. The van der Waals surface area contributed by atoms with Gasteiger partial charge in [0, 0.05) is 10.9 Å². The lowest BCUT2D eigenvalue weighted by molar-refractivity contribution is -0.137. The predicted molar refractivity (Wildman–Crippen MR) is 73.0 cm³/mol. The van der Waals surface area contributed by atoms with Gasteiger partial charge in [0.25, 0.3) is 5.91 Å². The van der Waals surface area contributed by atoms with E-state index in [2.05, 4.69) is 4.98 Å². The van der Waals surface area contributed by atoms with Crippen LogP contribution in [0.2, 0.25) is 0 Å². The van der Waals surface area contributed by atoms with Gasteiger partial charge in [-0.2, -0.15) is 0 Å². The standard InChI is InChI=1S/C13H10N2O4S/c16-12-5-19-11-2-1-8(9-6-20-7-14-9)3-10(11)15(12)4-13(17)18/h1-3,6-7H,4-5H2,(H,17,18). The first-order valence-corrected chi connectivity index (χ1v) is 6.77. The Labute approximate surface area is 118 Å². The van der Waals surface area contributed by atoms with E-state index in [0.29, 0.717) is 11.4 Å². The zero-order valence-electron chi connectivity index (χ0n) is 10.3. The number of aliphatic carboxylic acids is 1. The van der Waals surface area contributed by atoms with Gasteiger partial charge >= 0.3 is 5.97 Å². The summed E-state index contributed by atoms with van der Waals surface area (Å²) in [5, 5.41) is 10.8. The number of hydrogen-bond donors (Lipinski definition) is 1. The van der Waals surface area contributed by atoms with Crippen LogP contribution in [-0.2, 0) is 9.59 Å². The van der Waals surface area contributed by atoms with Crippen LogP contribution in [0.1, 0.15) is 0 Å². The molecule has 1 amide bonds. The van der Waals surface area contributed by atoms with Crippen molar-refractivity contribution < 1.29 is 19.4 Å². The van der Waals surface area contributed by atoms with E-state index in [-0.39, 0.29) is 19.1 Å². The van der Waals surface area contributed by atoms with Gasteiger partial charge in [-0.3, -0.25) is 14.5 Å². The summed E-state index contributed by atoms with van der Waals surface area (Å²) in [4.78, 5) is 28.1. The minimum absolute atomic E-state index is 0.143. The van der Waals surface area contributed by atoms with Crippen LogP contribution in [0.25, 0.3) is 11.3 Å². The lowest BCUT2D eigenvalue weighted by Crippen LogP contribution is -2.41. The lowest BCUT2D eigenvalue weighted by atomic mass is 10.1. The Bertz CT molecular complexity index is 669. The molecule has 2 aromatic rings. The van der Waals surface area contributed by atoms with Gasteiger partial charge in [0.15, 0.2) is 6.61 Å². The maximum absolute atomic E-state index is 11.8. The van der Waals surface area contributed by atoms with Gasteiger partial charge in [-0.1, -0.05) is 0 Å². The van der Waals surface area contributed by atoms with Gasteiger partial charge in [-0.25, -0.2) is 4.98 Å². The van der Waals surface area contributed by atoms with Gasteiger partial charge in [0.1, 0.15) is 12.3 Å². The Morgan fingerprint density at radius 2 is 2.35 bits per heavy atom. The number of thiazole rings is 1. The molecule has 0 saturated carbocycles. The van der Waals surface area contributed by atoms with Crippen LogP contribution in [0.4, 0.5) is 5.69 Å².